The summed E-state index contributed by atoms with van der Waals surface area (Å²) in [6.45, 7) is 2.80. The minimum atomic E-state index is -0.0343. The number of carbonyl (C=O) groups is 1. The van der Waals surface area contributed by atoms with E-state index in [9.17, 15) is 4.79 Å². The number of hydrogen-bond donors (Lipinski definition) is 0. The molecule has 1 amide bonds. The maximum Gasteiger partial charge on any atom is 0.276 e. The van der Waals surface area contributed by atoms with Crippen LogP contribution in [0.25, 0.3) is 10.9 Å². The van der Waals surface area contributed by atoms with Crippen molar-refractivity contribution in [3.63, 3.8) is 0 Å². The summed E-state index contributed by atoms with van der Waals surface area (Å²) < 4.78 is 5.24. The predicted octanol–water partition coefficient (Wildman–Crippen LogP) is 4.14. The molecule has 25 heavy (non-hydrogen) atoms. The summed E-state index contributed by atoms with van der Waals surface area (Å²) in [6.07, 6.45) is 2.00. The minimum absolute atomic E-state index is 0.0343. The quantitative estimate of drug-likeness (QED) is 0.708. The lowest BCUT2D eigenvalue weighted by molar-refractivity contribution is 0.0980. The first kappa shape index (κ1) is 15.6. The number of rotatable bonds is 2. The summed E-state index contributed by atoms with van der Waals surface area (Å²) in [5.74, 6) is 0.752. The maximum absolute atomic E-state index is 13.1. The fourth-order valence-electron chi connectivity index (χ4n) is 3.54. The molecule has 0 N–H and O–H groups in total. The molecule has 3 aromatic rings. The van der Waals surface area contributed by atoms with E-state index in [0.717, 1.165) is 47.3 Å². The van der Waals surface area contributed by atoms with E-state index < -0.39 is 0 Å². The zero-order valence-corrected chi connectivity index (χ0v) is 14.5. The van der Waals surface area contributed by atoms with E-state index in [4.69, 9.17) is 4.74 Å². The molecule has 0 spiro atoms. The lowest BCUT2D eigenvalue weighted by Crippen LogP contribution is -2.36. The molecule has 2 heterocycles. The van der Waals surface area contributed by atoms with Crippen molar-refractivity contribution in [2.45, 2.75) is 19.8 Å². The van der Waals surface area contributed by atoms with Gasteiger partial charge in [-0.2, -0.15) is 0 Å². The summed E-state index contributed by atoms with van der Waals surface area (Å²) in [6, 6.07) is 15.6. The lowest BCUT2D eigenvalue weighted by atomic mass is 9.98. The van der Waals surface area contributed by atoms with Gasteiger partial charge < -0.3 is 9.64 Å². The largest absolute Gasteiger partial charge is 0.497 e. The van der Waals surface area contributed by atoms with Gasteiger partial charge in [0.05, 0.1) is 18.3 Å². The van der Waals surface area contributed by atoms with Crippen LogP contribution in [0.5, 0.6) is 5.75 Å². The molecule has 2 aromatic carbocycles. The van der Waals surface area contributed by atoms with Crippen molar-refractivity contribution in [3.05, 3.63) is 65.4 Å². The Balaban J connectivity index is 1.74. The van der Waals surface area contributed by atoms with E-state index in [-0.39, 0.29) is 5.91 Å². The van der Waals surface area contributed by atoms with E-state index >= 15 is 0 Å². The second-order valence-corrected chi connectivity index (χ2v) is 6.40. The van der Waals surface area contributed by atoms with E-state index in [1.807, 2.05) is 29.2 Å². The first-order valence-corrected chi connectivity index (χ1v) is 8.52. The van der Waals surface area contributed by atoms with Crippen molar-refractivity contribution < 1.29 is 9.53 Å². The van der Waals surface area contributed by atoms with Gasteiger partial charge in [0.2, 0.25) is 0 Å². The molecule has 0 radical (unpaired) electrons. The van der Waals surface area contributed by atoms with Crippen molar-refractivity contribution >= 4 is 22.5 Å². The van der Waals surface area contributed by atoms with Crippen LogP contribution in [-0.4, -0.2) is 24.5 Å². The third-order valence-corrected chi connectivity index (χ3v) is 4.78. The summed E-state index contributed by atoms with van der Waals surface area (Å²) >= 11 is 0. The van der Waals surface area contributed by atoms with Crippen LogP contribution in [0, 0.1) is 6.92 Å². The highest BCUT2D eigenvalue weighted by atomic mass is 16.5. The topological polar surface area (TPSA) is 42.4 Å². The molecule has 0 unspecified atom stereocenters. The number of methoxy groups -OCH3 is 1. The Morgan fingerprint density at radius 2 is 2.04 bits per heavy atom. The fraction of sp³-hybridized carbons (Fsp3) is 0.238. The van der Waals surface area contributed by atoms with Gasteiger partial charge >= 0.3 is 0 Å². The van der Waals surface area contributed by atoms with Crippen molar-refractivity contribution in [2.75, 3.05) is 18.6 Å². The Labute approximate surface area is 147 Å². The normalized spacial score (nSPS) is 13.6. The van der Waals surface area contributed by atoms with E-state index in [1.54, 1.807) is 13.2 Å². The van der Waals surface area contributed by atoms with Crippen molar-refractivity contribution in [1.29, 1.82) is 0 Å². The van der Waals surface area contributed by atoms with E-state index in [0.29, 0.717) is 5.69 Å². The van der Waals surface area contributed by atoms with Gasteiger partial charge in [-0.25, -0.2) is 4.98 Å². The second-order valence-electron chi connectivity index (χ2n) is 6.40. The molecule has 0 saturated carbocycles. The Kier molecular flexibility index (Phi) is 3.88. The summed E-state index contributed by atoms with van der Waals surface area (Å²) in [5, 5.41) is 0.964. The van der Waals surface area contributed by atoms with E-state index in [2.05, 4.69) is 30.1 Å². The summed E-state index contributed by atoms with van der Waals surface area (Å²) in [7, 11) is 1.64. The molecule has 1 aliphatic heterocycles. The number of benzene rings is 2. The standard InChI is InChI=1S/C21H20N2O2/c1-14-5-3-6-15-7-4-12-23(20(14)15)21(24)19-10-8-16-13-17(25-2)9-11-18(16)22-19/h3,5-6,8-11,13H,4,7,12H2,1-2H3. The molecular formula is C21H20N2O2. The molecule has 0 bridgehead atoms. The molecule has 0 aliphatic carbocycles. The van der Waals surface area contributed by atoms with Crippen LogP contribution in [0.1, 0.15) is 28.0 Å². The molecule has 126 valence electrons. The highest BCUT2D eigenvalue weighted by Gasteiger charge is 2.25. The second kappa shape index (κ2) is 6.20. The molecule has 4 rings (SSSR count). The first-order valence-electron chi connectivity index (χ1n) is 8.52. The fourth-order valence-corrected chi connectivity index (χ4v) is 3.54. The third-order valence-electron chi connectivity index (χ3n) is 4.78. The molecule has 0 saturated heterocycles. The van der Waals surface area contributed by atoms with Crippen LogP contribution in [-0.2, 0) is 6.42 Å². The number of anilines is 1. The molecule has 4 heteroatoms. The third kappa shape index (κ3) is 2.74. The van der Waals surface area contributed by atoms with Gasteiger partial charge in [-0.15, -0.1) is 0 Å². The Morgan fingerprint density at radius 3 is 2.88 bits per heavy atom. The minimum Gasteiger partial charge on any atom is -0.497 e. The first-order chi connectivity index (χ1) is 12.2. The van der Waals surface area contributed by atoms with Crippen molar-refractivity contribution in [1.82, 2.24) is 4.98 Å². The molecule has 0 atom stereocenters. The van der Waals surface area contributed by atoms with Crippen LogP contribution in [0.15, 0.2) is 48.5 Å². The number of carbonyl (C=O) groups excluding carboxylic acids is 1. The molecule has 1 aliphatic rings. The monoisotopic (exact) mass is 332 g/mol. The Hall–Kier alpha value is -2.88. The average molecular weight is 332 g/mol. The number of aromatic nitrogens is 1. The number of hydrogen-bond acceptors (Lipinski definition) is 3. The summed E-state index contributed by atoms with van der Waals surface area (Å²) in [4.78, 5) is 19.6. The molecule has 1 aromatic heterocycles. The van der Waals surface area contributed by atoms with Crippen LogP contribution in [0.4, 0.5) is 5.69 Å². The van der Waals surface area contributed by atoms with Gasteiger partial charge in [0.15, 0.2) is 0 Å². The number of nitrogens with zero attached hydrogens (tertiary/aromatic N) is 2. The highest BCUT2D eigenvalue weighted by molar-refractivity contribution is 6.07. The van der Waals surface area contributed by atoms with Crippen LogP contribution in [0.2, 0.25) is 0 Å². The van der Waals surface area contributed by atoms with Crippen LogP contribution in [0.3, 0.4) is 0 Å². The van der Waals surface area contributed by atoms with E-state index in [1.165, 1.54) is 5.56 Å². The SMILES string of the molecule is COc1ccc2nc(C(=O)N3CCCc4cccc(C)c43)ccc2c1. The number of pyridine rings is 1. The smallest absolute Gasteiger partial charge is 0.276 e. The lowest BCUT2D eigenvalue weighted by Gasteiger charge is -2.30. The zero-order valence-electron chi connectivity index (χ0n) is 14.5. The number of para-hydroxylation sites is 1. The van der Waals surface area contributed by atoms with Gasteiger partial charge in [-0.05, 0) is 55.2 Å². The van der Waals surface area contributed by atoms with Crippen LogP contribution >= 0.6 is 0 Å². The maximum atomic E-state index is 13.1. The molecule has 0 fully saturated rings. The summed E-state index contributed by atoms with van der Waals surface area (Å²) in [5.41, 5.74) is 4.71. The number of aryl methyl sites for hydroxylation is 2. The number of fused-ring (bicyclic) bond motifs is 2. The highest BCUT2D eigenvalue weighted by Crippen LogP contribution is 2.31. The Bertz CT molecular complexity index is 965. The van der Waals surface area contributed by atoms with Gasteiger partial charge in [0.25, 0.3) is 5.91 Å². The van der Waals surface area contributed by atoms with Crippen molar-refractivity contribution in [2.24, 2.45) is 0 Å². The van der Waals surface area contributed by atoms with Gasteiger partial charge in [0.1, 0.15) is 11.4 Å². The number of ether oxygens (including phenoxy) is 1. The number of amides is 1. The van der Waals surface area contributed by atoms with Gasteiger partial charge in [-0.3, -0.25) is 4.79 Å². The van der Waals surface area contributed by atoms with Gasteiger partial charge in [-0.1, -0.05) is 24.3 Å². The molecule has 4 nitrogen and oxygen atoms in total. The Morgan fingerprint density at radius 1 is 1.16 bits per heavy atom. The average Bonchev–Trinajstić information content (AvgIpc) is 2.66. The molecular weight excluding hydrogens is 312 g/mol. The zero-order chi connectivity index (χ0) is 17.4. The predicted molar refractivity (Wildman–Crippen MR) is 99.5 cm³/mol. The van der Waals surface area contributed by atoms with Gasteiger partial charge in [0, 0.05) is 11.9 Å². The van der Waals surface area contributed by atoms with Crippen LogP contribution < -0.4 is 9.64 Å². The van der Waals surface area contributed by atoms with Crippen molar-refractivity contribution in [3.8, 4) is 5.75 Å².